The number of carbonyl (C=O) groups is 3. The molecule has 0 bridgehead atoms. The molecule has 7 heteroatoms. The number of hydrogen-bond acceptors (Lipinski definition) is 6. The minimum atomic E-state index is -0.903. The van der Waals surface area contributed by atoms with Crippen LogP contribution in [-0.4, -0.2) is 25.0 Å². The number of aliphatic carboxylic acids is 2. The second-order valence-corrected chi connectivity index (χ2v) is 13.4. The van der Waals surface area contributed by atoms with Crippen LogP contribution in [0.2, 0.25) is 0 Å². The first kappa shape index (κ1) is 53.6. The maximum absolute atomic E-state index is 10.2. The molecule has 0 heterocycles. The predicted molar refractivity (Wildman–Crippen MR) is 196 cm³/mol. The van der Waals surface area contributed by atoms with Crippen LogP contribution >= 0.6 is 0 Å². The van der Waals surface area contributed by atoms with E-state index in [1.807, 2.05) is 0 Å². The summed E-state index contributed by atoms with van der Waals surface area (Å²) in [6.07, 6.45) is 39.7. The largest absolute Gasteiger partial charge is 2.00 e. The zero-order chi connectivity index (χ0) is 35.6. The Hall–Kier alpha value is -1.23. The van der Waals surface area contributed by atoms with E-state index in [0.717, 1.165) is 25.7 Å². The van der Waals surface area contributed by atoms with E-state index in [1.165, 1.54) is 174 Å². The van der Waals surface area contributed by atoms with E-state index in [-0.39, 0.29) is 38.3 Å². The van der Waals surface area contributed by atoms with Gasteiger partial charge in [0.2, 0.25) is 0 Å². The van der Waals surface area contributed by atoms with Crippen LogP contribution in [0.5, 0.6) is 0 Å². The van der Waals surface area contributed by atoms with Gasteiger partial charge in [0.15, 0.2) is 0 Å². The Morgan fingerprint density at radius 3 is 0.750 bits per heavy atom. The zero-order valence-electron chi connectivity index (χ0n) is 32.5. The quantitative estimate of drug-likeness (QED) is 0.0288. The van der Waals surface area contributed by atoms with Crippen LogP contribution in [-0.2, 0) is 38.6 Å². The Bertz CT molecular complexity index is 638. The third kappa shape index (κ3) is 57.1. The molecule has 0 radical (unpaired) electrons. The van der Waals surface area contributed by atoms with E-state index in [1.54, 1.807) is 6.92 Å². The average Bonchev–Trinajstić information content (AvgIpc) is 3.04. The van der Waals surface area contributed by atoms with Crippen molar-refractivity contribution in [2.45, 2.75) is 226 Å². The molecule has 0 aliphatic rings. The number of unbranched alkanes of at least 4 members (excludes halogenated alkanes) is 28. The van der Waals surface area contributed by atoms with Crippen LogP contribution < -0.4 is 10.2 Å². The van der Waals surface area contributed by atoms with Crippen LogP contribution in [0, 0.1) is 0 Å². The number of carboxylic acids is 2. The molecule has 0 amide bonds. The Balaban J connectivity index is -0.000000331. The van der Waals surface area contributed by atoms with Gasteiger partial charge in [-0.15, -0.1) is 0 Å². The molecule has 0 saturated carbocycles. The molecule has 6 nitrogen and oxygen atoms in total. The second kappa shape index (κ2) is 47.9. The number of carboxylic acid groups (broad SMARTS) is 2. The molecule has 0 aliphatic heterocycles. The van der Waals surface area contributed by atoms with Gasteiger partial charge in [-0.1, -0.05) is 200 Å². The van der Waals surface area contributed by atoms with Crippen molar-refractivity contribution in [3.05, 3.63) is 12.2 Å². The van der Waals surface area contributed by atoms with Crippen molar-refractivity contribution in [2.24, 2.45) is 0 Å². The van der Waals surface area contributed by atoms with Gasteiger partial charge in [-0.05, 0) is 32.6 Å². The molecule has 0 fully saturated rings. The Morgan fingerprint density at radius 1 is 0.438 bits per heavy atom. The van der Waals surface area contributed by atoms with Gasteiger partial charge in [0.1, 0.15) is 0 Å². The van der Waals surface area contributed by atoms with E-state index in [0.29, 0.717) is 5.57 Å². The molecule has 0 aromatic rings. The summed E-state index contributed by atoms with van der Waals surface area (Å²) < 4.78 is 4.27. The molecular formula is C41H78O6Zn. The first-order chi connectivity index (χ1) is 22.7. The maximum atomic E-state index is 10.2. The van der Waals surface area contributed by atoms with Crippen LogP contribution in [0.15, 0.2) is 12.2 Å². The first-order valence-electron chi connectivity index (χ1n) is 19.9. The monoisotopic (exact) mass is 731 g/mol. The van der Waals surface area contributed by atoms with Gasteiger partial charge in [-0.25, -0.2) is 4.79 Å². The number of esters is 1. The van der Waals surface area contributed by atoms with Crippen LogP contribution in [0.4, 0.5) is 0 Å². The van der Waals surface area contributed by atoms with Crippen molar-refractivity contribution in [3.8, 4) is 0 Å². The number of rotatable bonds is 33. The summed E-state index contributed by atoms with van der Waals surface area (Å²) in [5.74, 6) is -2.15. The van der Waals surface area contributed by atoms with E-state index >= 15 is 0 Å². The Morgan fingerprint density at radius 2 is 0.625 bits per heavy atom. The molecule has 0 aliphatic carbocycles. The Labute approximate surface area is 311 Å². The van der Waals surface area contributed by atoms with Crippen molar-refractivity contribution < 1.29 is 48.8 Å². The summed E-state index contributed by atoms with van der Waals surface area (Å²) >= 11 is 0. The summed E-state index contributed by atoms with van der Waals surface area (Å²) in [7, 11) is 1.33. The van der Waals surface area contributed by atoms with Gasteiger partial charge in [-0.2, -0.15) is 0 Å². The van der Waals surface area contributed by atoms with Gasteiger partial charge < -0.3 is 24.5 Å². The summed E-state index contributed by atoms with van der Waals surface area (Å²) in [6.45, 7) is 9.49. The predicted octanol–water partition coefficient (Wildman–Crippen LogP) is 10.7. The molecule has 0 rings (SSSR count). The smallest absolute Gasteiger partial charge is 0.550 e. The van der Waals surface area contributed by atoms with Crippen molar-refractivity contribution in [2.75, 3.05) is 7.11 Å². The van der Waals surface area contributed by atoms with Gasteiger partial charge in [0, 0.05) is 17.5 Å². The molecule has 0 atom stereocenters. The van der Waals surface area contributed by atoms with Crippen LogP contribution in [0.3, 0.4) is 0 Å². The molecule has 0 unspecified atom stereocenters. The standard InChI is InChI=1S/2C18H36O2.C5H8O2.Zn/c2*1-2-3-4-5-6-7-8-9-10-11-12-13-14-15-16-17-18(19)20;1-4(2)5(6)7-3;/h2*2-17H2,1H3,(H,19,20);1H2,2-3H3;/q;;;+2/p-2. The fourth-order valence-corrected chi connectivity index (χ4v) is 5.46. The van der Waals surface area contributed by atoms with E-state index in [4.69, 9.17) is 0 Å². The summed E-state index contributed by atoms with van der Waals surface area (Å²) in [5.41, 5.74) is 0.433. The average molecular weight is 732 g/mol. The Kier molecular flexibility index (Phi) is 53.4. The third-order valence-corrected chi connectivity index (χ3v) is 8.50. The van der Waals surface area contributed by atoms with Gasteiger partial charge in [0.25, 0.3) is 0 Å². The third-order valence-electron chi connectivity index (χ3n) is 8.50. The van der Waals surface area contributed by atoms with Crippen molar-refractivity contribution in [3.63, 3.8) is 0 Å². The minimum Gasteiger partial charge on any atom is -0.550 e. The minimum absolute atomic E-state index is 0. The van der Waals surface area contributed by atoms with E-state index < -0.39 is 11.9 Å². The van der Waals surface area contributed by atoms with Crippen molar-refractivity contribution >= 4 is 17.9 Å². The van der Waals surface area contributed by atoms with Gasteiger partial charge >= 0.3 is 25.4 Å². The summed E-state index contributed by atoms with van der Waals surface area (Å²) in [4.78, 5) is 30.6. The molecule has 0 saturated heterocycles. The first-order valence-corrected chi connectivity index (χ1v) is 19.9. The topological polar surface area (TPSA) is 107 Å². The van der Waals surface area contributed by atoms with Gasteiger partial charge in [-0.3, -0.25) is 0 Å². The van der Waals surface area contributed by atoms with Crippen LogP contribution in [0.25, 0.3) is 0 Å². The summed E-state index contributed by atoms with van der Waals surface area (Å²) in [5, 5.41) is 20.4. The summed E-state index contributed by atoms with van der Waals surface area (Å²) in [6, 6.07) is 0. The fourth-order valence-electron chi connectivity index (χ4n) is 5.46. The fraction of sp³-hybridized carbons (Fsp3) is 0.878. The van der Waals surface area contributed by atoms with Crippen molar-refractivity contribution in [1.29, 1.82) is 0 Å². The van der Waals surface area contributed by atoms with Crippen molar-refractivity contribution in [1.82, 2.24) is 0 Å². The molecule has 0 aromatic carbocycles. The number of hydrogen-bond donors (Lipinski definition) is 0. The normalized spacial score (nSPS) is 10.2. The number of methoxy groups -OCH3 is 1. The van der Waals surface area contributed by atoms with Gasteiger partial charge in [0.05, 0.1) is 7.11 Å². The maximum Gasteiger partial charge on any atom is 2.00 e. The molecule has 0 aromatic heterocycles. The molecular weight excluding hydrogens is 654 g/mol. The number of carbonyl (C=O) groups excluding carboxylic acids is 3. The van der Waals surface area contributed by atoms with E-state index in [2.05, 4.69) is 25.2 Å². The number of ether oxygens (including phenoxy) is 1. The SMILES string of the molecule is C=C(C)C(=O)OC.CCCCCCCCCCCCCCCCCC(=O)[O-].CCCCCCCCCCCCCCCCCC(=O)[O-].[Zn+2]. The molecule has 48 heavy (non-hydrogen) atoms. The molecule has 280 valence electrons. The van der Waals surface area contributed by atoms with Crippen LogP contribution in [0.1, 0.15) is 226 Å². The van der Waals surface area contributed by atoms with E-state index in [9.17, 15) is 24.6 Å². The molecule has 0 N–H and O–H groups in total. The molecule has 0 spiro atoms. The zero-order valence-corrected chi connectivity index (χ0v) is 35.5. The second-order valence-electron chi connectivity index (χ2n) is 13.4.